The van der Waals surface area contributed by atoms with Gasteiger partial charge in [0.2, 0.25) is 6.54 Å². The van der Waals surface area contributed by atoms with Crippen molar-refractivity contribution in [2.45, 2.75) is 19.0 Å². The third-order valence-electron chi connectivity index (χ3n) is 5.41. The number of nitrogens with zero attached hydrogens (tertiary/aromatic N) is 1. The van der Waals surface area contributed by atoms with E-state index in [4.69, 9.17) is 0 Å². The van der Waals surface area contributed by atoms with Crippen LogP contribution in [-0.2, 0) is 6.18 Å². The molecule has 0 bridgehead atoms. The summed E-state index contributed by atoms with van der Waals surface area (Å²) in [6.45, 7) is 1.53. The van der Waals surface area contributed by atoms with E-state index in [-0.39, 0.29) is 0 Å². The highest BCUT2D eigenvalue weighted by Gasteiger charge is 2.32. The Morgan fingerprint density at radius 3 is 2.23 bits per heavy atom. The first-order valence-corrected chi connectivity index (χ1v) is 9.70. The molecule has 0 saturated carbocycles. The molecule has 0 amide bonds. The largest absolute Gasteiger partial charge is 0.416 e. The van der Waals surface area contributed by atoms with E-state index in [0.29, 0.717) is 11.1 Å². The van der Waals surface area contributed by atoms with E-state index in [9.17, 15) is 23.3 Å². The number of halogens is 3. The number of rotatable bonds is 5. The predicted octanol–water partition coefficient (Wildman–Crippen LogP) is 6.57. The van der Waals surface area contributed by atoms with Gasteiger partial charge in [0.15, 0.2) is 0 Å². The molecular weight excluding hydrogens is 405 g/mol. The third kappa shape index (κ3) is 4.17. The number of hydrogen-bond acceptors (Lipinski definition) is 2. The number of para-hydroxylation sites is 1. The van der Waals surface area contributed by atoms with Crippen LogP contribution in [0.3, 0.4) is 0 Å². The molecule has 0 radical (unpaired) electrons. The molecule has 0 spiro atoms. The minimum Gasteiger partial charge on any atom is -0.354 e. The second-order valence-corrected chi connectivity index (χ2v) is 7.51. The molecule has 0 aliphatic heterocycles. The van der Waals surface area contributed by atoms with Gasteiger partial charge in [-0.25, -0.2) is 0 Å². The van der Waals surface area contributed by atoms with Crippen molar-refractivity contribution < 1.29 is 18.1 Å². The van der Waals surface area contributed by atoms with Crippen molar-refractivity contribution in [2.75, 3.05) is 6.54 Å². The molecule has 3 aromatic carbocycles. The van der Waals surface area contributed by atoms with Gasteiger partial charge in [0.05, 0.1) is 17.2 Å². The molecule has 4 aromatic rings. The number of hydrogen-bond donors (Lipinski definition) is 1. The Labute approximate surface area is 176 Å². The molecule has 4 nitrogen and oxygen atoms in total. The molecule has 0 fully saturated rings. The van der Waals surface area contributed by atoms with Crippen LogP contribution in [-0.4, -0.2) is 16.5 Å². The molecule has 0 unspecified atom stereocenters. The van der Waals surface area contributed by atoms with Crippen LogP contribution in [0.1, 0.15) is 28.2 Å². The van der Waals surface area contributed by atoms with Crippen LogP contribution in [0.2, 0.25) is 0 Å². The van der Waals surface area contributed by atoms with Gasteiger partial charge in [-0.15, -0.1) is 0 Å². The Morgan fingerprint density at radius 2 is 1.61 bits per heavy atom. The second-order valence-electron chi connectivity index (χ2n) is 7.51. The number of benzene rings is 3. The van der Waals surface area contributed by atoms with E-state index in [1.54, 1.807) is 0 Å². The Morgan fingerprint density at radius 1 is 0.968 bits per heavy atom. The molecule has 158 valence electrons. The van der Waals surface area contributed by atoms with E-state index >= 15 is 0 Å². The summed E-state index contributed by atoms with van der Waals surface area (Å²) in [4.78, 5) is 14.5. The Bertz CT molecular complexity index is 1230. The highest BCUT2D eigenvalue weighted by molar-refractivity contribution is 5.92. The third-order valence-corrected chi connectivity index (χ3v) is 5.41. The molecule has 0 saturated heterocycles. The summed E-state index contributed by atoms with van der Waals surface area (Å²) in [6, 6.07) is 19.8. The number of alkyl halides is 3. The number of fused-ring (bicyclic) bond motifs is 1. The fourth-order valence-electron chi connectivity index (χ4n) is 3.89. The van der Waals surface area contributed by atoms with E-state index < -0.39 is 29.1 Å². The average Bonchev–Trinajstić information content (AvgIpc) is 3.11. The number of aryl methyl sites for hydroxylation is 1. The second kappa shape index (κ2) is 7.91. The van der Waals surface area contributed by atoms with Gasteiger partial charge in [-0.05, 0) is 41.8 Å². The Kier molecular flexibility index (Phi) is 5.27. The molecule has 0 aliphatic rings. The molecule has 7 heteroatoms. The Balaban J connectivity index is 1.92. The number of aromatic nitrogens is 1. The van der Waals surface area contributed by atoms with E-state index in [1.165, 1.54) is 12.1 Å². The van der Waals surface area contributed by atoms with Crippen molar-refractivity contribution in [1.82, 2.24) is 4.98 Å². The van der Waals surface area contributed by atoms with Gasteiger partial charge in [-0.3, -0.25) is 10.1 Å². The molecule has 31 heavy (non-hydrogen) atoms. The molecule has 1 atom stereocenters. The van der Waals surface area contributed by atoms with Gasteiger partial charge in [0, 0.05) is 15.8 Å². The summed E-state index contributed by atoms with van der Waals surface area (Å²) in [6.07, 6.45) is -4.47. The van der Waals surface area contributed by atoms with Crippen molar-refractivity contribution in [1.29, 1.82) is 0 Å². The fourth-order valence-corrected chi connectivity index (χ4v) is 3.89. The van der Waals surface area contributed by atoms with E-state index in [2.05, 4.69) is 4.98 Å². The van der Waals surface area contributed by atoms with Gasteiger partial charge >= 0.3 is 6.18 Å². The summed E-state index contributed by atoms with van der Waals surface area (Å²) in [5.74, 6) is -0.718. The van der Waals surface area contributed by atoms with Crippen LogP contribution in [0.25, 0.3) is 22.2 Å². The first-order valence-electron chi connectivity index (χ1n) is 9.70. The van der Waals surface area contributed by atoms with Crippen LogP contribution in [0.5, 0.6) is 0 Å². The van der Waals surface area contributed by atoms with E-state index in [0.717, 1.165) is 39.9 Å². The van der Waals surface area contributed by atoms with Crippen LogP contribution in [0, 0.1) is 17.0 Å². The van der Waals surface area contributed by atoms with Crippen molar-refractivity contribution >= 4 is 10.9 Å². The van der Waals surface area contributed by atoms with Crippen molar-refractivity contribution in [2.24, 2.45) is 0 Å². The van der Waals surface area contributed by atoms with Crippen LogP contribution in [0.15, 0.2) is 72.8 Å². The normalized spacial score (nSPS) is 12.8. The first-order chi connectivity index (χ1) is 14.7. The quantitative estimate of drug-likeness (QED) is 0.291. The summed E-state index contributed by atoms with van der Waals surface area (Å²) in [7, 11) is 0. The summed E-state index contributed by atoms with van der Waals surface area (Å²) in [5.41, 5.74) is 3.86. The highest BCUT2D eigenvalue weighted by atomic mass is 19.4. The lowest BCUT2D eigenvalue weighted by molar-refractivity contribution is -0.481. The van der Waals surface area contributed by atoms with Crippen LogP contribution in [0.4, 0.5) is 13.2 Å². The minimum atomic E-state index is -4.47. The zero-order valence-corrected chi connectivity index (χ0v) is 16.6. The van der Waals surface area contributed by atoms with Crippen molar-refractivity contribution in [3.05, 3.63) is 105 Å². The number of nitro groups is 1. The van der Waals surface area contributed by atoms with Crippen molar-refractivity contribution in [3.63, 3.8) is 0 Å². The standard InChI is InChI=1S/C24H19F3N2O2/c1-15-6-8-17(9-7-15)23-22(19-4-2-3-5-21(19)28-23)20(14-29(30)31)16-10-12-18(13-11-16)24(25,26)27/h2-13,20,28H,14H2,1H3/t20-/m0/s1. The number of H-pyrrole nitrogens is 1. The smallest absolute Gasteiger partial charge is 0.354 e. The molecule has 4 rings (SSSR count). The molecule has 1 N–H and O–H groups in total. The lowest BCUT2D eigenvalue weighted by atomic mass is 9.87. The maximum atomic E-state index is 13.0. The molecule has 1 heterocycles. The average molecular weight is 424 g/mol. The van der Waals surface area contributed by atoms with E-state index in [1.807, 2.05) is 55.5 Å². The monoisotopic (exact) mass is 424 g/mol. The first kappa shape index (κ1) is 20.7. The topological polar surface area (TPSA) is 58.9 Å². The summed E-state index contributed by atoms with van der Waals surface area (Å²) >= 11 is 0. The van der Waals surface area contributed by atoms with Crippen LogP contribution >= 0.6 is 0 Å². The van der Waals surface area contributed by atoms with Gasteiger partial charge in [-0.1, -0.05) is 60.2 Å². The maximum Gasteiger partial charge on any atom is 0.416 e. The number of aromatic amines is 1. The molecule has 1 aromatic heterocycles. The van der Waals surface area contributed by atoms with Gasteiger partial charge in [-0.2, -0.15) is 13.2 Å². The fraction of sp³-hybridized carbons (Fsp3) is 0.167. The summed E-state index contributed by atoms with van der Waals surface area (Å²) < 4.78 is 39.1. The van der Waals surface area contributed by atoms with Crippen molar-refractivity contribution in [3.8, 4) is 11.3 Å². The van der Waals surface area contributed by atoms with Gasteiger partial charge < -0.3 is 4.98 Å². The van der Waals surface area contributed by atoms with Crippen LogP contribution < -0.4 is 0 Å². The van der Waals surface area contributed by atoms with Gasteiger partial charge in [0.25, 0.3) is 0 Å². The lowest BCUT2D eigenvalue weighted by Gasteiger charge is -2.17. The maximum absolute atomic E-state index is 13.0. The van der Waals surface area contributed by atoms with Gasteiger partial charge in [0.1, 0.15) is 0 Å². The lowest BCUT2D eigenvalue weighted by Crippen LogP contribution is -2.15. The molecule has 0 aliphatic carbocycles. The zero-order valence-electron chi connectivity index (χ0n) is 16.6. The zero-order chi connectivity index (χ0) is 22.2. The predicted molar refractivity (Wildman–Crippen MR) is 114 cm³/mol. The minimum absolute atomic E-state index is 0.428. The Hall–Kier alpha value is -3.61. The summed E-state index contributed by atoms with van der Waals surface area (Å²) in [5, 5.41) is 12.4. The number of nitrogens with one attached hydrogen (secondary N) is 1. The SMILES string of the molecule is Cc1ccc(-c2[nH]c3ccccc3c2[C@@H](C[N+](=O)[O-])c2ccc(C(F)(F)F)cc2)cc1. The highest BCUT2D eigenvalue weighted by Crippen LogP contribution is 2.40. The molecular formula is C24H19F3N2O2.